The van der Waals surface area contributed by atoms with Gasteiger partial charge in [-0.3, -0.25) is 24.0 Å². The van der Waals surface area contributed by atoms with Crippen molar-refractivity contribution in [3.8, 4) is 0 Å². The van der Waals surface area contributed by atoms with E-state index in [0.717, 1.165) is 4.57 Å². The lowest BCUT2D eigenvalue weighted by atomic mass is 10.2. The van der Waals surface area contributed by atoms with E-state index in [9.17, 15) is 19.7 Å². The topological polar surface area (TPSA) is 100 Å². The summed E-state index contributed by atoms with van der Waals surface area (Å²) in [6.45, 7) is 4.08. The zero-order valence-corrected chi connectivity index (χ0v) is 13.6. The van der Waals surface area contributed by atoms with Gasteiger partial charge < -0.3 is 4.42 Å². The minimum absolute atomic E-state index is 0.0133. The van der Waals surface area contributed by atoms with E-state index in [1.807, 2.05) is 6.92 Å². The second kappa shape index (κ2) is 7.58. The summed E-state index contributed by atoms with van der Waals surface area (Å²) >= 11 is 0. The van der Waals surface area contributed by atoms with Crippen molar-refractivity contribution < 1.29 is 9.34 Å². The van der Waals surface area contributed by atoms with Crippen molar-refractivity contribution in [1.82, 2.24) is 9.13 Å². The highest BCUT2D eigenvalue weighted by Crippen LogP contribution is 2.16. The summed E-state index contributed by atoms with van der Waals surface area (Å²) < 4.78 is 7.35. The smallest absolute Gasteiger partial charge is 0.357 e. The van der Waals surface area contributed by atoms with Crippen LogP contribution in [0.4, 0.5) is 5.69 Å². The van der Waals surface area contributed by atoms with Crippen molar-refractivity contribution in [3.05, 3.63) is 60.8 Å². The van der Waals surface area contributed by atoms with Crippen LogP contribution in [0.3, 0.4) is 0 Å². The highest BCUT2D eigenvalue weighted by Gasteiger charge is 2.25. The number of hydrogen-bond acceptors (Lipinski definition) is 5. The monoisotopic (exact) mass is 333 g/mol. The summed E-state index contributed by atoms with van der Waals surface area (Å²) in [6.07, 6.45) is 5.47. The van der Waals surface area contributed by atoms with E-state index in [-0.39, 0.29) is 18.8 Å². The quantitative estimate of drug-likeness (QED) is 0.572. The normalized spacial score (nSPS) is 11.2. The van der Waals surface area contributed by atoms with Gasteiger partial charge in [0.25, 0.3) is 0 Å². The molecule has 0 spiro atoms. The number of nitrogens with zero attached hydrogens (tertiary/aromatic N) is 3. The van der Waals surface area contributed by atoms with Crippen LogP contribution in [-0.4, -0.2) is 14.1 Å². The van der Waals surface area contributed by atoms with Crippen LogP contribution in [0.1, 0.15) is 38.1 Å². The molecule has 2 aromatic heterocycles. The third-order valence-electron chi connectivity index (χ3n) is 3.47. The molecular weight excluding hydrogens is 314 g/mol. The number of hydrogen-bond donors (Lipinski definition) is 0. The summed E-state index contributed by atoms with van der Waals surface area (Å²) in [5.74, 6) is 0.470. The Hall–Kier alpha value is -2.90. The van der Waals surface area contributed by atoms with E-state index in [2.05, 4.69) is 0 Å². The molecule has 0 radical (unpaired) electrons. The van der Waals surface area contributed by atoms with Gasteiger partial charge in [0.2, 0.25) is 0 Å². The molecule has 0 saturated heterocycles. The average molecular weight is 333 g/mol. The maximum atomic E-state index is 12.6. The van der Waals surface area contributed by atoms with Crippen molar-refractivity contribution in [2.24, 2.45) is 0 Å². The first-order valence-corrected chi connectivity index (χ1v) is 7.74. The first-order chi connectivity index (χ1) is 11.5. The minimum Gasteiger partial charge on any atom is -0.465 e. The molecule has 0 aliphatic heterocycles. The molecule has 0 atom stereocenters. The molecule has 2 heterocycles. The molecular formula is C16H19N3O5. The van der Waals surface area contributed by atoms with Crippen LogP contribution in [0.5, 0.6) is 0 Å². The lowest BCUT2D eigenvalue weighted by Crippen LogP contribution is -2.42. The molecule has 8 heteroatoms. The first kappa shape index (κ1) is 17.5. The van der Waals surface area contributed by atoms with Crippen LogP contribution in [0, 0.1) is 10.1 Å². The maximum absolute atomic E-state index is 12.6. The summed E-state index contributed by atoms with van der Waals surface area (Å²) in [5.41, 5.74) is -2.02. The fourth-order valence-electron chi connectivity index (χ4n) is 2.45. The molecule has 8 nitrogen and oxygen atoms in total. The molecule has 0 aliphatic rings. The molecule has 0 N–H and O–H groups in total. The highest BCUT2D eigenvalue weighted by molar-refractivity contribution is 5.70. The predicted octanol–water partition coefficient (Wildman–Crippen LogP) is 2.50. The van der Waals surface area contributed by atoms with Gasteiger partial charge in [-0.05, 0) is 37.1 Å². The highest BCUT2D eigenvalue weighted by atomic mass is 16.6. The van der Waals surface area contributed by atoms with E-state index >= 15 is 0 Å². The van der Waals surface area contributed by atoms with Gasteiger partial charge in [0.1, 0.15) is 11.5 Å². The second-order valence-corrected chi connectivity index (χ2v) is 5.23. The zero-order chi connectivity index (χ0) is 17.7. The van der Waals surface area contributed by atoms with E-state index in [4.69, 9.17) is 4.42 Å². The predicted molar refractivity (Wildman–Crippen MR) is 89.8 cm³/mol. The largest absolute Gasteiger partial charge is 0.465 e. The van der Waals surface area contributed by atoms with Crippen molar-refractivity contribution >= 4 is 17.8 Å². The average Bonchev–Trinajstić information content (AvgIpc) is 3.05. The molecule has 2 rings (SSSR count). The van der Waals surface area contributed by atoms with Crippen molar-refractivity contribution in [2.45, 2.75) is 39.8 Å². The Morgan fingerprint density at radius 1 is 1.17 bits per heavy atom. The molecule has 0 bridgehead atoms. The van der Waals surface area contributed by atoms with Gasteiger partial charge in [-0.15, -0.1) is 0 Å². The van der Waals surface area contributed by atoms with Crippen molar-refractivity contribution in [1.29, 1.82) is 0 Å². The van der Waals surface area contributed by atoms with Gasteiger partial charge >= 0.3 is 16.9 Å². The van der Waals surface area contributed by atoms with Crippen LogP contribution in [0.25, 0.3) is 12.2 Å². The summed E-state index contributed by atoms with van der Waals surface area (Å²) in [5, 5.41) is 11.4. The zero-order valence-electron chi connectivity index (χ0n) is 13.6. The van der Waals surface area contributed by atoms with Crippen LogP contribution < -0.4 is 11.2 Å². The molecule has 2 aromatic rings. The summed E-state index contributed by atoms with van der Waals surface area (Å²) in [6, 6.07) is 3.34. The van der Waals surface area contributed by atoms with Crippen LogP contribution in [0.15, 0.2) is 32.4 Å². The van der Waals surface area contributed by atoms with Gasteiger partial charge in [-0.2, -0.15) is 0 Å². The van der Waals surface area contributed by atoms with Gasteiger partial charge in [0.05, 0.1) is 11.2 Å². The van der Waals surface area contributed by atoms with Crippen molar-refractivity contribution in [3.63, 3.8) is 0 Å². The molecule has 0 aromatic carbocycles. The van der Waals surface area contributed by atoms with Crippen LogP contribution in [-0.2, 0) is 13.1 Å². The van der Waals surface area contributed by atoms with Crippen LogP contribution in [0.2, 0.25) is 0 Å². The molecule has 0 fully saturated rings. The molecule has 0 saturated carbocycles. The number of nitro groups is 1. The number of aromatic nitrogens is 2. The fourth-order valence-corrected chi connectivity index (χ4v) is 2.45. The lowest BCUT2D eigenvalue weighted by Gasteiger charge is -2.12. The maximum Gasteiger partial charge on any atom is 0.357 e. The molecule has 0 aliphatic carbocycles. The first-order valence-electron chi connectivity index (χ1n) is 7.74. The standard InChI is InChI=1S/C16H19N3O5/c1-3-9-17-13(8-7-12-6-5-11-24-12)14(19(22)23)15(20)18(10-4-2)16(17)21/h5-8,11H,3-4,9-10H2,1-2H3/b8-7+. The molecule has 0 amide bonds. The Morgan fingerprint density at radius 2 is 1.83 bits per heavy atom. The Balaban J connectivity index is 2.76. The SMILES string of the molecule is CCCn1c(/C=C/c2ccco2)c([N+](=O)[O-])c(=O)n(CCC)c1=O. The third-order valence-corrected chi connectivity index (χ3v) is 3.47. The van der Waals surface area contributed by atoms with Gasteiger partial charge in [0, 0.05) is 13.1 Å². The Bertz CT molecular complexity index is 859. The Kier molecular flexibility index (Phi) is 5.51. The van der Waals surface area contributed by atoms with Gasteiger partial charge in [-0.1, -0.05) is 13.8 Å². The number of rotatable bonds is 7. The second-order valence-electron chi connectivity index (χ2n) is 5.23. The lowest BCUT2D eigenvalue weighted by molar-refractivity contribution is -0.387. The molecule has 24 heavy (non-hydrogen) atoms. The molecule has 0 unspecified atom stereocenters. The summed E-state index contributed by atoms with van der Waals surface area (Å²) in [4.78, 5) is 35.7. The van der Waals surface area contributed by atoms with E-state index < -0.39 is 21.9 Å². The third kappa shape index (κ3) is 3.37. The van der Waals surface area contributed by atoms with Crippen LogP contribution >= 0.6 is 0 Å². The molecule has 128 valence electrons. The summed E-state index contributed by atoms with van der Waals surface area (Å²) in [7, 11) is 0. The van der Waals surface area contributed by atoms with Gasteiger partial charge in [0.15, 0.2) is 0 Å². The Labute approximate surface area is 137 Å². The Morgan fingerprint density at radius 3 is 2.38 bits per heavy atom. The van der Waals surface area contributed by atoms with E-state index in [1.165, 1.54) is 23.0 Å². The number of furan rings is 1. The minimum atomic E-state index is -0.877. The van der Waals surface area contributed by atoms with E-state index in [1.54, 1.807) is 19.1 Å². The van der Waals surface area contributed by atoms with Crippen molar-refractivity contribution in [2.75, 3.05) is 0 Å². The van der Waals surface area contributed by atoms with E-state index in [0.29, 0.717) is 18.6 Å². The van der Waals surface area contributed by atoms with Gasteiger partial charge in [-0.25, -0.2) is 4.79 Å². The fraction of sp³-hybridized carbons (Fsp3) is 0.375.